The van der Waals surface area contributed by atoms with Crippen LogP contribution in [0.5, 0.6) is 0 Å². The summed E-state index contributed by atoms with van der Waals surface area (Å²) in [6, 6.07) is 16.3. The number of carbonyl (C=O) groups excluding carboxylic acids is 1. The average molecular weight is 321 g/mol. The highest BCUT2D eigenvalue weighted by molar-refractivity contribution is 5.88. The molecule has 0 spiro atoms. The molecule has 124 valence electrons. The summed E-state index contributed by atoms with van der Waals surface area (Å²) in [4.78, 5) is 17.7. The summed E-state index contributed by atoms with van der Waals surface area (Å²) in [5.41, 5.74) is 4.51. The van der Waals surface area contributed by atoms with Crippen molar-refractivity contribution in [3.8, 4) is 0 Å². The molecule has 4 nitrogen and oxygen atoms in total. The normalized spacial score (nSPS) is 11.1. The van der Waals surface area contributed by atoms with Crippen LogP contribution < -0.4 is 5.32 Å². The number of nitrogens with zero attached hydrogens (tertiary/aromatic N) is 1. The molecule has 3 aromatic rings. The molecule has 0 aliphatic heterocycles. The van der Waals surface area contributed by atoms with Gasteiger partial charge in [-0.3, -0.25) is 4.79 Å². The number of carbonyl (C=O) groups is 1. The number of aromatic nitrogens is 1. The fourth-order valence-electron chi connectivity index (χ4n) is 2.93. The number of nitrogens with one attached hydrogen (secondary N) is 2. The molecule has 0 atom stereocenters. The summed E-state index contributed by atoms with van der Waals surface area (Å²) in [7, 11) is 4.10. The van der Waals surface area contributed by atoms with Crippen molar-refractivity contribution in [1.29, 1.82) is 0 Å². The lowest BCUT2D eigenvalue weighted by Crippen LogP contribution is -2.25. The molecule has 0 bridgehead atoms. The Bertz CT molecular complexity index is 836. The molecule has 1 amide bonds. The topological polar surface area (TPSA) is 48.1 Å². The van der Waals surface area contributed by atoms with Crippen molar-refractivity contribution in [2.45, 2.75) is 19.5 Å². The lowest BCUT2D eigenvalue weighted by Gasteiger charge is -2.14. The third kappa shape index (κ3) is 3.84. The second-order valence-corrected chi connectivity index (χ2v) is 6.32. The summed E-state index contributed by atoms with van der Waals surface area (Å²) in [6.07, 6.45) is 2.31. The first-order chi connectivity index (χ1) is 11.6. The predicted molar refractivity (Wildman–Crippen MR) is 97.7 cm³/mol. The molecule has 4 heteroatoms. The number of rotatable bonds is 6. The fraction of sp³-hybridized carbons (Fsp3) is 0.250. The fourth-order valence-corrected chi connectivity index (χ4v) is 2.93. The molecular formula is C20H23N3O. The van der Waals surface area contributed by atoms with Gasteiger partial charge in [-0.15, -0.1) is 0 Å². The molecule has 0 fully saturated rings. The Morgan fingerprint density at radius 2 is 1.71 bits per heavy atom. The van der Waals surface area contributed by atoms with Gasteiger partial charge < -0.3 is 15.2 Å². The van der Waals surface area contributed by atoms with Gasteiger partial charge in [-0.05, 0) is 36.9 Å². The van der Waals surface area contributed by atoms with Crippen LogP contribution in [0.3, 0.4) is 0 Å². The summed E-state index contributed by atoms with van der Waals surface area (Å²) >= 11 is 0. The molecule has 2 N–H and O–H groups in total. The van der Waals surface area contributed by atoms with Crippen LogP contribution in [-0.4, -0.2) is 29.9 Å². The Labute approximate surface area is 142 Å². The molecule has 1 aromatic heterocycles. The second-order valence-electron chi connectivity index (χ2n) is 6.32. The Morgan fingerprint density at radius 1 is 1.00 bits per heavy atom. The first-order valence-corrected chi connectivity index (χ1v) is 8.16. The van der Waals surface area contributed by atoms with E-state index in [9.17, 15) is 4.79 Å². The zero-order valence-corrected chi connectivity index (χ0v) is 14.2. The molecule has 0 saturated carbocycles. The number of aromatic amines is 1. The first kappa shape index (κ1) is 16.3. The Kier molecular flexibility index (Phi) is 4.96. The molecule has 0 aliphatic carbocycles. The maximum Gasteiger partial charge on any atom is 0.224 e. The number of fused-ring (bicyclic) bond motifs is 1. The Balaban J connectivity index is 1.64. The SMILES string of the molecule is CN(C)Cc1ccccc1CNC(=O)Cc1c[nH]c2ccccc12. The van der Waals surface area contributed by atoms with E-state index in [1.54, 1.807) is 0 Å². The Hall–Kier alpha value is -2.59. The maximum absolute atomic E-state index is 12.3. The van der Waals surface area contributed by atoms with Gasteiger partial charge in [-0.1, -0.05) is 42.5 Å². The summed E-state index contributed by atoms with van der Waals surface area (Å²) in [5, 5.41) is 4.16. The number of H-pyrrole nitrogens is 1. The van der Waals surface area contributed by atoms with E-state index in [1.165, 1.54) is 11.1 Å². The minimum absolute atomic E-state index is 0.0411. The van der Waals surface area contributed by atoms with Gasteiger partial charge in [-0.25, -0.2) is 0 Å². The first-order valence-electron chi connectivity index (χ1n) is 8.16. The predicted octanol–water partition coefficient (Wildman–Crippen LogP) is 3.09. The van der Waals surface area contributed by atoms with Gasteiger partial charge in [0.25, 0.3) is 0 Å². The van der Waals surface area contributed by atoms with Gasteiger partial charge in [0.1, 0.15) is 0 Å². The van der Waals surface area contributed by atoms with Crippen LogP contribution in [0, 0.1) is 0 Å². The highest BCUT2D eigenvalue weighted by Gasteiger charge is 2.09. The Morgan fingerprint density at radius 3 is 2.50 bits per heavy atom. The van der Waals surface area contributed by atoms with Crippen molar-refractivity contribution in [3.05, 3.63) is 71.4 Å². The van der Waals surface area contributed by atoms with Crippen molar-refractivity contribution in [1.82, 2.24) is 15.2 Å². The van der Waals surface area contributed by atoms with Crippen LogP contribution in [0.1, 0.15) is 16.7 Å². The van der Waals surface area contributed by atoms with E-state index in [-0.39, 0.29) is 5.91 Å². The van der Waals surface area contributed by atoms with E-state index in [2.05, 4.69) is 27.3 Å². The van der Waals surface area contributed by atoms with Crippen LogP contribution in [0.25, 0.3) is 10.9 Å². The molecule has 0 saturated heterocycles. The number of benzene rings is 2. The van der Waals surface area contributed by atoms with Gasteiger partial charge in [0, 0.05) is 30.2 Å². The lowest BCUT2D eigenvalue weighted by atomic mass is 10.1. The second kappa shape index (κ2) is 7.32. The van der Waals surface area contributed by atoms with E-state index >= 15 is 0 Å². The van der Waals surface area contributed by atoms with Crippen molar-refractivity contribution >= 4 is 16.8 Å². The van der Waals surface area contributed by atoms with Crippen molar-refractivity contribution < 1.29 is 4.79 Å². The lowest BCUT2D eigenvalue weighted by molar-refractivity contribution is -0.120. The van der Waals surface area contributed by atoms with Gasteiger partial charge >= 0.3 is 0 Å². The molecule has 1 heterocycles. The molecule has 0 aliphatic rings. The highest BCUT2D eigenvalue weighted by Crippen LogP contribution is 2.18. The quantitative estimate of drug-likeness (QED) is 0.733. The maximum atomic E-state index is 12.3. The van der Waals surface area contributed by atoms with Crippen molar-refractivity contribution in [2.75, 3.05) is 14.1 Å². The van der Waals surface area contributed by atoms with E-state index < -0.39 is 0 Å². The zero-order valence-electron chi connectivity index (χ0n) is 14.2. The summed E-state index contributed by atoms with van der Waals surface area (Å²) in [6.45, 7) is 1.43. The molecule has 0 radical (unpaired) electrons. The largest absolute Gasteiger partial charge is 0.361 e. The minimum atomic E-state index is 0.0411. The van der Waals surface area contributed by atoms with Crippen LogP contribution in [0.2, 0.25) is 0 Å². The van der Waals surface area contributed by atoms with Gasteiger partial charge in [-0.2, -0.15) is 0 Å². The van der Waals surface area contributed by atoms with Crippen LogP contribution >= 0.6 is 0 Å². The molecule has 3 rings (SSSR count). The van der Waals surface area contributed by atoms with Crippen LogP contribution in [-0.2, 0) is 24.3 Å². The van der Waals surface area contributed by atoms with Gasteiger partial charge in [0.05, 0.1) is 6.42 Å². The van der Waals surface area contributed by atoms with Gasteiger partial charge in [0.15, 0.2) is 0 Å². The standard InChI is InChI=1S/C20H23N3O/c1-23(2)14-16-8-4-3-7-15(16)12-22-20(24)11-17-13-21-19-10-6-5-9-18(17)19/h3-10,13,21H,11-12,14H2,1-2H3,(H,22,24). The van der Waals surface area contributed by atoms with Gasteiger partial charge in [0.2, 0.25) is 5.91 Å². The average Bonchev–Trinajstić information content (AvgIpc) is 2.97. The number of hydrogen-bond donors (Lipinski definition) is 2. The third-order valence-electron chi connectivity index (χ3n) is 4.11. The smallest absolute Gasteiger partial charge is 0.224 e. The van der Waals surface area contributed by atoms with Crippen LogP contribution in [0.15, 0.2) is 54.7 Å². The van der Waals surface area contributed by atoms with E-state index in [1.807, 2.05) is 56.7 Å². The molecule has 0 unspecified atom stereocenters. The van der Waals surface area contributed by atoms with E-state index in [4.69, 9.17) is 0 Å². The minimum Gasteiger partial charge on any atom is -0.361 e. The number of amides is 1. The molecule has 24 heavy (non-hydrogen) atoms. The molecule has 2 aromatic carbocycles. The highest BCUT2D eigenvalue weighted by atomic mass is 16.1. The zero-order chi connectivity index (χ0) is 16.9. The van der Waals surface area contributed by atoms with Crippen molar-refractivity contribution in [3.63, 3.8) is 0 Å². The number of hydrogen-bond acceptors (Lipinski definition) is 2. The van der Waals surface area contributed by atoms with Crippen molar-refractivity contribution in [2.24, 2.45) is 0 Å². The van der Waals surface area contributed by atoms with E-state index in [0.29, 0.717) is 13.0 Å². The monoisotopic (exact) mass is 321 g/mol. The summed E-state index contributed by atoms with van der Waals surface area (Å²) in [5.74, 6) is 0.0411. The summed E-state index contributed by atoms with van der Waals surface area (Å²) < 4.78 is 0. The van der Waals surface area contributed by atoms with E-state index in [0.717, 1.165) is 23.0 Å². The molecular weight excluding hydrogens is 298 g/mol. The number of para-hydroxylation sites is 1. The van der Waals surface area contributed by atoms with Crippen LogP contribution in [0.4, 0.5) is 0 Å². The third-order valence-corrected chi connectivity index (χ3v) is 4.11.